The SMILES string of the molecule is CCc1ccc(OCCOC[C@H](O)C[NH+]2CC[NH+](Cc3ccc(Cl)cc3)CC2)cc1. The molecule has 164 valence electrons. The molecule has 0 unspecified atom stereocenters. The average molecular weight is 435 g/mol. The molecule has 1 heterocycles. The van der Waals surface area contributed by atoms with Crippen LogP contribution in [0, 0.1) is 0 Å². The van der Waals surface area contributed by atoms with E-state index in [2.05, 4.69) is 31.2 Å². The van der Waals surface area contributed by atoms with Gasteiger partial charge in [-0.25, -0.2) is 0 Å². The molecule has 2 aromatic rings. The fourth-order valence-corrected chi connectivity index (χ4v) is 4.01. The second kappa shape index (κ2) is 12.3. The molecule has 0 saturated carbocycles. The molecule has 1 aliphatic rings. The Morgan fingerprint density at radius 2 is 1.53 bits per heavy atom. The van der Waals surface area contributed by atoms with Crippen LogP contribution in [-0.4, -0.2) is 63.8 Å². The molecular weight excluding hydrogens is 400 g/mol. The standard InChI is InChI=1S/C24H33ClN2O3/c1-2-20-5-9-24(10-6-20)30-16-15-29-19-23(28)18-27-13-11-26(12-14-27)17-21-3-7-22(25)8-4-21/h3-10,23,28H,2,11-19H2,1H3/p+2/t23-/m1/s1. The monoisotopic (exact) mass is 434 g/mol. The van der Waals surface area contributed by atoms with Crippen LogP contribution in [0.5, 0.6) is 5.75 Å². The molecule has 6 heteroatoms. The van der Waals surface area contributed by atoms with Crippen molar-refractivity contribution < 1.29 is 24.4 Å². The molecule has 1 fully saturated rings. The van der Waals surface area contributed by atoms with Gasteiger partial charge in [-0.1, -0.05) is 42.8 Å². The van der Waals surface area contributed by atoms with Gasteiger partial charge >= 0.3 is 0 Å². The second-order valence-electron chi connectivity index (χ2n) is 8.08. The lowest BCUT2D eigenvalue weighted by atomic mass is 10.2. The van der Waals surface area contributed by atoms with E-state index < -0.39 is 6.10 Å². The second-order valence-corrected chi connectivity index (χ2v) is 8.52. The van der Waals surface area contributed by atoms with Crippen molar-refractivity contribution in [1.82, 2.24) is 0 Å². The number of aliphatic hydroxyl groups excluding tert-OH is 1. The van der Waals surface area contributed by atoms with Crippen LogP contribution in [0.3, 0.4) is 0 Å². The van der Waals surface area contributed by atoms with Gasteiger partial charge in [0.05, 0.1) is 13.2 Å². The summed E-state index contributed by atoms with van der Waals surface area (Å²) in [6.07, 6.45) is 0.601. The van der Waals surface area contributed by atoms with Gasteiger partial charge in [-0.2, -0.15) is 0 Å². The first kappa shape index (κ1) is 23.0. The van der Waals surface area contributed by atoms with Crippen molar-refractivity contribution in [1.29, 1.82) is 0 Å². The minimum atomic E-state index is -0.429. The number of aryl methyl sites for hydroxylation is 1. The van der Waals surface area contributed by atoms with Crippen molar-refractivity contribution in [3.05, 3.63) is 64.7 Å². The quantitative estimate of drug-likeness (QED) is 0.455. The molecule has 3 N–H and O–H groups in total. The van der Waals surface area contributed by atoms with E-state index in [4.69, 9.17) is 21.1 Å². The highest BCUT2D eigenvalue weighted by Crippen LogP contribution is 2.12. The average Bonchev–Trinajstić information content (AvgIpc) is 2.77. The Morgan fingerprint density at radius 3 is 2.20 bits per heavy atom. The number of piperazine rings is 1. The number of quaternary nitrogens is 2. The van der Waals surface area contributed by atoms with E-state index in [1.54, 1.807) is 4.90 Å². The zero-order chi connectivity index (χ0) is 21.2. The summed E-state index contributed by atoms with van der Waals surface area (Å²) in [6.45, 7) is 9.67. The molecule has 0 radical (unpaired) electrons. The molecule has 1 aliphatic heterocycles. The van der Waals surface area contributed by atoms with Crippen LogP contribution < -0.4 is 14.5 Å². The molecule has 0 spiro atoms. The molecule has 1 atom stereocenters. The first-order valence-electron chi connectivity index (χ1n) is 11.0. The van der Waals surface area contributed by atoms with Gasteiger partial charge in [-0.15, -0.1) is 0 Å². The number of hydrogen-bond acceptors (Lipinski definition) is 3. The van der Waals surface area contributed by atoms with E-state index in [1.165, 1.54) is 16.0 Å². The molecule has 0 amide bonds. The van der Waals surface area contributed by atoms with Crippen LogP contribution in [0.4, 0.5) is 0 Å². The number of hydrogen-bond donors (Lipinski definition) is 3. The summed E-state index contributed by atoms with van der Waals surface area (Å²) < 4.78 is 11.3. The molecule has 0 aliphatic carbocycles. The highest BCUT2D eigenvalue weighted by atomic mass is 35.5. The Kier molecular flexibility index (Phi) is 9.43. The molecule has 30 heavy (non-hydrogen) atoms. The van der Waals surface area contributed by atoms with Gasteiger partial charge in [-0.05, 0) is 36.2 Å². The van der Waals surface area contributed by atoms with Gasteiger partial charge in [0.2, 0.25) is 0 Å². The number of halogens is 1. The maximum Gasteiger partial charge on any atom is 0.127 e. The number of aliphatic hydroxyl groups is 1. The maximum absolute atomic E-state index is 10.3. The first-order valence-corrected chi connectivity index (χ1v) is 11.4. The van der Waals surface area contributed by atoms with E-state index in [9.17, 15) is 5.11 Å². The fraction of sp³-hybridized carbons (Fsp3) is 0.500. The number of rotatable bonds is 11. The lowest BCUT2D eigenvalue weighted by Crippen LogP contribution is -3.28. The maximum atomic E-state index is 10.3. The highest BCUT2D eigenvalue weighted by molar-refractivity contribution is 6.30. The molecule has 0 aromatic heterocycles. The smallest absolute Gasteiger partial charge is 0.127 e. The molecule has 0 bridgehead atoms. The van der Waals surface area contributed by atoms with Gasteiger partial charge in [0.1, 0.15) is 57.7 Å². The predicted molar refractivity (Wildman–Crippen MR) is 120 cm³/mol. The van der Waals surface area contributed by atoms with E-state index in [1.807, 2.05) is 24.3 Å². The number of nitrogens with one attached hydrogen (secondary N) is 2. The molecule has 5 nitrogen and oxygen atoms in total. The van der Waals surface area contributed by atoms with Crippen molar-refractivity contribution in [2.75, 3.05) is 52.5 Å². The molecular formula is C24H35ClN2O3+2. The summed E-state index contributed by atoms with van der Waals surface area (Å²) in [6, 6.07) is 16.3. The molecule has 3 rings (SSSR count). The predicted octanol–water partition coefficient (Wildman–Crippen LogP) is 0.642. The third-order valence-corrected chi connectivity index (χ3v) is 5.95. The van der Waals surface area contributed by atoms with E-state index >= 15 is 0 Å². The highest BCUT2D eigenvalue weighted by Gasteiger charge is 2.25. The summed E-state index contributed by atoms with van der Waals surface area (Å²) in [5.41, 5.74) is 2.63. The van der Waals surface area contributed by atoms with Crippen LogP contribution in [0.2, 0.25) is 5.02 Å². The zero-order valence-electron chi connectivity index (χ0n) is 17.9. The lowest BCUT2D eigenvalue weighted by molar-refractivity contribution is -1.02. The first-order chi connectivity index (χ1) is 14.6. The summed E-state index contributed by atoms with van der Waals surface area (Å²) in [7, 11) is 0. The largest absolute Gasteiger partial charge is 0.491 e. The van der Waals surface area contributed by atoms with Crippen molar-refractivity contribution in [3.8, 4) is 5.75 Å². The van der Waals surface area contributed by atoms with Gasteiger partial charge in [0.25, 0.3) is 0 Å². The summed E-state index contributed by atoms with van der Waals surface area (Å²) >= 11 is 5.96. The Hall–Kier alpha value is -1.63. The van der Waals surface area contributed by atoms with Crippen molar-refractivity contribution in [3.63, 3.8) is 0 Å². The molecule has 1 saturated heterocycles. The third kappa shape index (κ3) is 7.89. The van der Waals surface area contributed by atoms with Crippen LogP contribution >= 0.6 is 11.6 Å². The fourth-order valence-electron chi connectivity index (χ4n) is 3.88. The topological polar surface area (TPSA) is 47.6 Å². The van der Waals surface area contributed by atoms with Gasteiger partial charge in [-0.3, -0.25) is 0 Å². The number of ether oxygens (including phenoxy) is 2. The van der Waals surface area contributed by atoms with Crippen LogP contribution in [0.15, 0.2) is 48.5 Å². The van der Waals surface area contributed by atoms with Crippen LogP contribution in [0.25, 0.3) is 0 Å². The van der Waals surface area contributed by atoms with Crippen molar-refractivity contribution >= 4 is 11.6 Å². The summed E-state index contributed by atoms with van der Waals surface area (Å²) in [5, 5.41) is 11.1. The summed E-state index contributed by atoms with van der Waals surface area (Å²) in [4.78, 5) is 3.05. The zero-order valence-corrected chi connectivity index (χ0v) is 18.7. The Morgan fingerprint density at radius 1 is 0.900 bits per heavy atom. The van der Waals surface area contributed by atoms with E-state index in [0.717, 1.165) is 56.5 Å². The minimum Gasteiger partial charge on any atom is -0.491 e. The number of benzene rings is 2. The van der Waals surface area contributed by atoms with Crippen molar-refractivity contribution in [2.24, 2.45) is 0 Å². The Labute approximate surface area is 185 Å². The van der Waals surface area contributed by atoms with Crippen LogP contribution in [0.1, 0.15) is 18.1 Å². The Balaban J connectivity index is 1.24. The minimum absolute atomic E-state index is 0.364. The van der Waals surface area contributed by atoms with Gasteiger partial charge < -0.3 is 24.4 Å². The van der Waals surface area contributed by atoms with Gasteiger partial charge in [0, 0.05) is 10.6 Å². The lowest BCUT2D eigenvalue weighted by Gasteiger charge is -2.30. The van der Waals surface area contributed by atoms with E-state index in [0.29, 0.717) is 19.8 Å². The summed E-state index contributed by atoms with van der Waals surface area (Å²) in [5.74, 6) is 0.861. The van der Waals surface area contributed by atoms with Crippen LogP contribution in [-0.2, 0) is 17.7 Å². The van der Waals surface area contributed by atoms with Crippen molar-refractivity contribution in [2.45, 2.75) is 26.0 Å². The Bertz CT molecular complexity index is 731. The normalized spacial score (nSPS) is 20.1. The molecule has 2 aromatic carbocycles. The van der Waals surface area contributed by atoms with Gasteiger partial charge in [0.15, 0.2) is 0 Å². The van der Waals surface area contributed by atoms with E-state index in [-0.39, 0.29) is 0 Å². The third-order valence-electron chi connectivity index (χ3n) is 5.69.